The fraction of sp³-hybridized carbons (Fsp3) is 0.929. The summed E-state index contributed by atoms with van der Waals surface area (Å²) >= 11 is 0. The Morgan fingerprint density at radius 2 is 1.75 bits per heavy atom. The van der Waals surface area contributed by atoms with Gasteiger partial charge in [-0.1, -0.05) is 0 Å². The molecule has 0 aromatic heterocycles. The number of amides is 1. The summed E-state index contributed by atoms with van der Waals surface area (Å²) in [5.41, 5.74) is 0. The average Bonchev–Trinajstić information content (AvgIpc) is 2.49. The summed E-state index contributed by atoms with van der Waals surface area (Å²) in [7, 11) is 2.17. The second kappa shape index (κ2) is 8.56. The molecule has 2 aliphatic heterocycles. The Balaban J connectivity index is 1.47. The highest BCUT2D eigenvalue weighted by Crippen LogP contribution is 2.00. The number of carbonyl (C=O) groups is 1. The van der Waals surface area contributed by atoms with E-state index >= 15 is 0 Å². The topological polar surface area (TPSA) is 48.0 Å². The minimum absolute atomic E-state index is 0.250. The van der Waals surface area contributed by atoms with Crippen molar-refractivity contribution in [2.24, 2.45) is 0 Å². The van der Waals surface area contributed by atoms with Crippen LogP contribution < -0.4 is 5.32 Å². The van der Waals surface area contributed by atoms with Crippen molar-refractivity contribution in [3.05, 3.63) is 0 Å². The molecule has 2 rings (SSSR count). The zero-order chi connectivity index (χ0) is 14.2. The molecule has 2 heterocycles. The quantitative estimate of drug-likeness (QED) is 0.639. The number of nitrogens with zero attached hydrogens (tertiary/aromatic N) is 3. The van der Waals surface area contributed by atoms with Gasteiger partial charge >= 0.3 is 0 Å². The predicted octanol–water partition coefficient (Wildman–Crippen LogP) is -0.928. The van der Waals surface area contributed by atoms with E-state index in [9.17, 15) is 4.79 Å². The average molecular weight is 284 g/mol. The minimum Gasteiger partial charge on any atom is -0.378 e. The first-order valence-electron chi connectivity index (χ1n) is 7.73. The van der Waals surface area contributed by atoms with E-state index in [0.29, 0.717) is 19.6 Å². The molecule has 20 heavy (non-hydrogen) atoms. The van der Waals surface area contributed by atoms with Crippen LogP contribution >= 0.6 is 0 Å². The molecule has 0 aliphatic carbocycles. The van der Waals surface area contributed by atoms with Crippen molar-refractivity contribution < 1.29 is 9.53 Å². The van der Waals surface area contributed by atoms with Gasteiger partial charge in [0.05, 0.1) is 13.2 Å². The minimum atomic E-state index is 0.250. The van der Waals surface area contributed by atoms with Crippen LogP contribution in [0.4, 0.5) is 0 Å². The van der Waals surface area contributed by atoms with Gasteiger partial charge in [-0.15, -0.1) is 0 Å². The molecule has 0 saturated carbocycles. The van der Waals surface area contributed by atoms with E-state index in [2.05, 4.69) is 22.2 Å². The lowest BCUT2D eigenvalue weighted by molar-refractivity contribution is -0.135. The van der Waals surface area contributed by atoms with Gasteiger partial charge in [0, 0.05) is 65.3 Å². The molecule has 116 valence electrons. The molecule has 1 amide bonds. The lowest BCUT2D eigenvalue weighted by Gasteiger charge is -2.32. The second-order valence-corrected chi connectivity index (χ2v) is 5.64. The number of nitrogens with one attached hydrogen (secondary N) is 1. The third-order valence-corrected chi connectivity index (χ3v) is 4.08. The Hall–Kier alpha value is -0.690. The van der Waals surface area contributed by atoms with Crippen LogP contribution in [-0.4, -0.2) is 99.8 Å². The van der Waals surface area contributed by atoms with Crippen LogP contribution in [0, 0.1) is 0 Å². The van der Waals surface area contributed by atoms with Crippen molar-refractivity contribution in [1.82, 2.24) is 20.0 Å². The van der Waals surface area contributed by atoms with Crippen LogP contribution in [0.15, 0.2) is 0 Å². The monoisotopic (exact) mass is 284 g/mol. The van der Waals surface area contributed by atoms with Gasteiger partial charge < -0.3 is 19.9 Å². The number of morpholine rings is 1. The fourth-order valence-electron chi connectivity index (χ4n) is 2.60. The SMILES string of the molecule is CN1CCN(CCNCCC(=O)N2CCOCC2)CC1. The van der Waals surface area contributed by atoms with E-state index in [1.165, 1.54) is 0 Å². The highest BCUT2D eigenvalue weighted by atomic mass is 16.5. The Morgan fingerprint density at radius 3 is 2.45 bits per heavy atom. The van der Waals surface area contributed by atoms with Crippen LogP contribution in [0.2, 0.25) is 0 Å². The normalized spacial score (nSPS) is 22.1. The number of hydrogen-bond donors (Lipinski definition) is 1. The second-order valence-electron chi connectivity index (χ2n) is 5.64. The third kappa shape index (κ3) is 5.36. The highest BCUT2D eigenvalue weighted by Gasteiger charge is 2.16. The van der Waals surface area contributed by atoms with Crippen LogP contribution in [0.25, 0.3) is 0 Å². The summed E-state index contributed by atoms with van der Waals surface area (Å²) in [5.74, 6) is 0.250. The molecule has 2 aliphatic rings. The molecule has 2 fully saturated rings. The number of likely N-dealkylation sites (N-methyl/N-ethyl adjacent to an activating group) is 1. The molecule has 0 spiro atoms. The zero-order valence-electron chi connectivity index (χ0n) is 12.6. The van der Waals surface area contributed by atoms with Crippen molar-refractivity contribution >= 4 is 5.91 Å². The first-order valence-corrected chi connectivity index (χ1v) is 7.73. The van der Waals surface area contributed by atoms with Gasteiger partial charge in [0.15, 0.2) is 0 Å². The molecule has 1 N–H and O–H groups in total. The molecule has 6 nitrogen and oxygen atoms in total. The van der Waals surface area contributed by atoms with E-state index in [1.807, 2.05) is 4.90 Å². The van der Waals surface area contributed by atoms with Crippen LogP contribution in [0.5, 0.6) is 0 Å². The van der Waals surface area contributed by atoms with Crippen LogP contribution in [0.3, 0.4) is 0 Å². The molecule has 0 unspecified atom stereocenters. The van der Waals surface area contributed by atoms with Crippen molar-refractivity contribution in [1.29, 1.82) is 0 Å². The first kappa shape index (κ1) is 15.7. The Kier molecular flexibility index (Phi) is 6.72. The van der Waals surface area contributed by atoms with Gasteiger partial charge in [0.1, 0.15) is 0 Å². The third-order valence-electron chi connectivity index (χ3n) is 4.08. The Bertz CT molecular complexity index is 287. The summed E-state index contributed by atoms with van der Waals surface area (Å²) in [6, 6.07) is 0. The molecule has 6 heteroatoms. The van der Waals surface area contributed by atoms with Gasteiger partial charge in [-0.2, -0.15) is 0 Å². The number of carbonyl (C=O) groups excluding carboxylic acids is 1. The standard InChI is InChI=1S/C14H28N4O2/c1-16-6-8-17(9-7-16)5-4-15-3-2-14(19)18-10-12-20-13-11-18/h15H,2-13H2,1H3. The van der Waals surface area contributed by atoms with E-state index < -0.39 is 0 Å². The molecular formula is C14H28N4O2. The Labute approximate surface area is 122 Å². The molecule has 0 radical (unpaired) electrons. The van der Waals surface area contributed by atoms with Gasteiger partial charge in [-0.25, -0.2) is 0 Å². The molecule has 0 aromatic carbocycles. The summed E-state index contributed by atoms with van der Waals surface area (Å²) in [6.45, 7) is 10.3. The highest BCUT2D eigenvalue weighted by molar-refractivity contribution is 5.76. The lowest BCUT2D eigenvalue weighted by atomic mass is 10.3. The van der Waals surface area contributed by atoms with E-state index in [0.717, 1.165) is 58.9 Å². The van der Waals surface area contributed by atoms with Crippen molar-refractivity contribution in [2.75, 3.05) is 79.2 Å². The van der Waals surface area contributed by atoms with Crippen molar-refractivity contribution in [3.63, 3.8) is 0 Å². The zero-order valence-corrected chi connectivity index (χ0v) is 12.6. The maximum Gasteiger partial charge on any atom is 0.224 e. The van der Waals surface area contributed by atoms with E-state index in [-0.39, 0.29) is 5.91 Å². The van der Waals surface area contributed by atoms with Crippen LogP contribution in [-0.2, 0) is 9.53 Å². The van der Waals surface area contributed by atoms with Crippen molar-refractivity contribution in [2.45, 2.75) is 6.42 Å². The Morgan fingerprint density at radius 1 is 1.05 bits per heavy atom. The first-order chi connectivity index (χ1) is 9.75. The summed E-state index contributed by atoms with van der Waals surface area (Å²) in [4.78, 5) is 18.7. The fourth-order valence-corrected chi connectivity index (χ4v) is 2.60. The smallest absolute Gasteiger partial charge is 0.224 e. The molecule has 0 aromatic rings. The number of rotatable bonds is 6. The summed E-state index contributed by atoms with van der Waals surface area (Å²) in [6.07, 6.45) is 0.600. The molecule has 2 saturated heterocycles. The van der Waals surface area contributed by atoms with Gasteiger partial charge in [-0.3, -0.25) is 9.69 Å². The maximum atomic E-state index is 11.9. The number of hydrogen-bond acceptors (Lipinski definition) is 5. The van der Waals surface area contributed by atoms with E-state index in [4.69, 9.17) is 4.74 Å². The number of piperazine rings is 1. The maximum absolute atomic E-state index is 11.9. The molecule has 0 bridgehead atoms. The van der Waals surface area contributed by atoms with Gasteiger partial charge in [0.2, 0.25) is 5.91 Å². The lowest BCUT2D eigenvalue weighted by Crippen LogP contribution is -2.46. The summed E-state index contributed by atoms with van der Waals surface area (Å²) < 4.78 is 5.25. The molecular weight excluding hydrogens is 256 g/mol. The van der Waals surface area contributed by atoms with Gasteiger partial charge in [0.25, 0.3) is 0 Å². The van der Waals surface area contributed by atoms with Gasteiger partial charge in [-0.05, 0) is 7.05 Å². The predicted molar refractivity (Wildman–Crippen MR) is 78.8 cm³/mol. The van der Waals surface area contributed by atoms with Crippen LogP contribution in [0.1, 0.15) is 6.42 Å². The van der Waals surface area contributed by atoms with E-state index in [1.54, 1.807) is 0 Å². The molecule has 0 atom stereocenters. The largest absolute Gasteiger partial charge is 0.378 e. The number of ether oxygens (including phenoxy) is 1. The summed E-state index contributed by atoms with van der Waals surface area (Å²) in [5, 5.41) is 3.38. The van der Waals surface area contributed by atoms with Crippen molar-refractivity contribution in [3.8, 4) is 0 Å².